The van der Waals surface area contributed by atoms with Gasteiger partial charge in [0.05, 0.1) is 20.6 Å². The van der Waals surface area contributed by atoms with Gasteiger partial charge in [-0.2, -0.15) is 4.31 Å². The Balaban J connectivity index is 1.11. The van der Waals surface area contributed by atoms with Crippen molar-refractivity contribution >= 4 is 48.3 Å². The van der Waals surface area contributed by atoms with Gasteiger partial charge in [0.25, 0.3) is 0 Å². The summed E-state index contributed by atoms with van der Waals surface area (Å²) < 4.78 is 30.4. The van der Waals surface area contributed by atoms with E-state index in [4.69, 9.17) is 0 Å². The van der Waals surface area contributed by atoms with Crippen LogP contribution in [0.3, 0.4) is 0 Å². The highest BCUT2D eigenvalue weighted by Crippen LogP contribution is 2.30. The third kappa shape index (κ3) is 4.99. The van der Waals surface area contributed by atoms with Crippen molar-refractivity contribution in [2.24, 2.45) is 7.05 Å². The van der Waals surface area contributed by atoms with Crippen molar-refractivity contribution in [2.75, 3.05) is 38.0 Å². The van der Waals surface area contributed by atoms with Crippen LogP contribution in [0.2, 0.25) is 0 Å². The molecule has 1 aliphatic heterocycles. The third-order valence-corrected chi connectivity index (χ3v) is 10.2. The van der Waals surface area contributed by atoms with E-state index in [9.17, 15) is 13.2 Å². The number of hydrogen-bond donors (Lipinski definition) is 1. The summed E-state index contributed by atoms with van der Waals surface area (Å²) in [7, 11) is -1.95. The van der Waals surface area contributed by atoms with Crippen LogP contribution >= 0.6 is 11.3 Å². The summed E-state index contributed by atoms with van der Waals surface area (Å²) in [5, 5.41) is 4.47. The number of fused-ring (bicyclic) bond motifs is 2. The zero-order chi connectivity index (χ0) is 27.9. The molecule has 0 unspecified atom stereocenters. The minimum absolute atomic E-state index is 0.0755. The van der Waals surface area contributed by atoms with Crippen LogP contribution in [0.1, 0.15) is 6.92 Å². The van der Waals surface area contributed by atoms with Crippen LogP contribution < -0.4 is 10.2 Å². The molecule has 0 radical (unpaired) electrons. The number of thiazole rings is 1. The fourth-order valence-corrected chi connectivity index (χ4v) is 7.64. The average molecular weight is 576 g/mol. The molecule has 4 heterocycles. The first kappa shape index (κ1) is 26.5. The highest BCUT2D eigenvalue weighted by Gasteiger charge is 2.29. The fourth-order valence-electron chi connectivity index (χ4n) is 5.20. The standard InChI is InChI=1S/C28H29N7O3S2/c1-19(32-27-23-7-3-6-22(26(23)30-18-31-27)20-5-4-10-29-16-20)17-34-11-13-35(14-12-34)40(37,38)21-8-9-24-25(15-21)39-28(36)33(24)2/h3-10,15-16,18-19H,11-14,17H2,1-2H3,(H,30,31,32)/t19-/m0/s1. The molecule has 0 bridgehead atoms. The van der Waals surface area contributed by atoms with Gasteiger partial charge in [0.2, 0.25) is 10.0 Å². The van der Waals surface area contributed by atoms with Gasteiger partial charge in [-0.05, 0) is 37.3 Å². The molecule has 0 amide bonds. The van der Waals surface area contributed by atoms with Crippen LogP contribution in [0.5, 0.6) is 0 Å². The number of piperazine rings is 1. The Bertz CT molecular complexity index is 1850. The summed E-state index contributed by atoms with van der Waals surface area (Å²) in [6.45, 7) is 4.91. The molecule has 5 aromatic rings. The largest absolute Gasteiger partial charge is 0.366 e. The van der Waals surface area contributed by atoms with E-state index in [1.165, 1.54) is 8.87 Å². The quantitative estimate of drug-likeness (QED) is 0.314. The van der Waals surface area contributed by atoms with Gasteiger partial charge >= 0.3 is 4.87 Å². The van der Waals surface area contributed by atoms with Gasteiger partial charge in [0.1, 0.15) is 12.1 Å². The van der Waals surface area contributed by atoms with Gasteiger partial charge in [0.15, 0.2) is 0 Å². The molecule has 1 N–H and O–H groups in total. The second-order valence-corrected chi connectivity index (χ2v) is 12.9. The normalized spacial score (nSPS) is 15.9. The van der Waals surface area contributed by atoms with Crippen LogP contribution in [0.25, 0.3) is 32.2 Å². The van der Waals surface area contributed by atoms with Crippen molar-refractivity contribution in [2.45, 2.75) is 17.9 Å². The number of sulfonamides is 1. The molecule has 1 aliphatic rings. The number of nitrogens with zero attached hydrogens (tertiary/aromatic N) is 6. The number of para-hydroxylation sites is 1. The molecule has 0 aliphatic carbocycles. The number of rotatable bonds is 7. The molecule has 206 valence electrons. The first-order valence-corrected chi connectivity index (χ1v) is 15.3. The molecule has 0 saturated carbocycles. The van der Waals surface area contributed by atoms with E-state index in [0.29, 0.717) is 30.9 Å². The Morgan fingerprint density at radius 1 is 1.05 bits per heavy atom. The number of aryl methyl sites for hydroxylation is 1. The SMILES string of the molecule is C[C@@H](CN1CCN(S(=O)(=O)c2ccc3c(c2)sc(=O)n3C)CC1)Nc1ncnc2c(-c3cccnc3)cccc12. The predicted molar refractivity (Wildman–Crippen MR) is 158 cm³/mol. The van der Waals surface area contributed by atoms with Gasteiger partial charge in [-0.25, -0.2) is 18.4 Å². The van der Waals surface area contributed by atoms with Crippen molar-refractivity contribution < 1.29 is 8.42 Å². The molecule has 40 heavy (non-hydrogen) atoms. The molecule has 0 spiro atoms. The number of aromatic nitrogens is 4. The number of nitrogens with one attached hydrogen (secondary N) is 1. The number of hydrogen-bond acceptors (Lipinski definition) is 9. The maximum absolute atomic E-state index is 13.3. The number of benzene rings is 2. The summed E-state index contributed by atoms with van der Waals surface area (Å²) in [6.07, 6.45) is 5.16. The number of pyridine rings is 1. The average Bonchev–Trinajstić information content (AvgIpc) is 3.26. The Labute approximate surface area is 236 Å². The zero-order valence-electron chi connectivity index (χ0n) is 22.2. The summed E-state index contributed by atoms with van der Waals surface area (Å²) >= 11 is 1.06. The predicted octanol–water partition coefficient (Wildman–Crippen LogP) is 3.41. The van der Waals surface area contributed by atoms with Crippen LogP contribution in [0.4, 0.5) is 5.82 Å². The third-order valence-electron chi connectivity index (χ3n) is 7.29. The molecule has 12 heteroatoms. The molecule has 2 aromatic carbocycles. The lowest BCUT2D eigenvalue weighted by atomic mass is 10.0. The summed E-state index contributed by atoms with van der Waals surface area (Å²) in [4.78, 5) is 27.7. The van der Waals surface area contributed by atoms with E-state index in [0.717, 1.165) is 51.2 Å². The maximum Gasteiger partial charge on any atom is 0.307 e. The van der Waals surface area contributed by atoms with Crippen molar-refractivity contribution in [3.63, 3.8) is 0 Å². The Kier molecular flexibility index (Phi) is 7.09. The minimum Gasteiger partial charge on any atom is -0.366 e. The monoisotopic (exact) mass is 575 g/mol. The summed E-state index contributed by atoms with van der Waals surface area (Å²) in [6, 6.07) is 15.0. The lowest BCUT2D eigenvalue weighted by Gasteiger charge is -2.35. The second kappa shape index (κ2) is 10.7. The van der Waals surface area contributed by atoms with E-state index in [2.05, 4.69) is 32.1 Å². The molecule has 1 fully saturated rings. The van der Waals surface area contributed by atoms with Crippen molar-refractivity contribution in [1.29, 1.82) is 0 Å². The first-order valence-electron chi connectivity index (χ1n) is 13.0. The van der Waals surface area contributed by atoms with Gasteiger partial charge < -0.3 is 9.88 Å². The minimum atomic E-state index is -3.64. The van der Waals surface area contributed by atoms with Crippen molar-refractivity contribution in [1.82, 2.24) is 28.7 Å². The van der Waals surface area contributed by atoms with Crippen LogP contribution in [0, 0.1) is 0 Å². The van der Waals surface area contributed by atoms with Crippen LogP contribution in [-0.4, -0.2) is 75.9 Å². The highest BCUT2D eigenvalue weighted by atomic mass is 32.2. The van der Waals surface area contributed by atoms with Crippen LogP contribution in [-0.2, 0) is 17.1 Å². The van der Waals surface area contributed by atoms with E-state index >= 15 is 0 Å². The van der Waals surface area contributed by atoms with Gasteiger partial charge in [-0.3, -0.25) is 14.7 Å². The second-order valence-electron chi connectivity index (χ2n) is 9.97. The molecule has 10 nitrogen and oxygen atoms in total. The maximum atomic E-state index is 13.3. The van der Waals surface area contributed by atoms with Gasteiger partial charge in [-0.1, -0.05) is 29.5 Å². The van der Waals surface area contributed by atoms with E-state index < -0.39 is 10.0 Å². The lowest BCUT2D eigenvalue weighted by Crippen LogP contribution is -2.50. The van der Waals surface area contributed by atoms with Crippen molar-refractivity contribution in [3.8, 4) is 11.1 Å². The fraction of sp³-hybridized carbons (Fsp3) is 0.286. The molecular weight excluding hydrogens is 546 g/mol. The van der Waals surface area contributed by atoms with E-state index in [1.54, 1.807) is 37.8 Å². The topological polar surface area (TPSA) is 113 Å². The molecule has 1 saturated heterocycles. The van der Waals surface area contributed by atoms with Crippen LogP contribution in [0.15, 0.2) is 76.9 Å². The van der Waals surface area contributed by atoms with E-state index in [1.807, 2.05) is 36.5 Å². The smallest absolute Gasteiger partial charge is 0.307 e. The van der Waals surface area contributed by atoms with E-state index in [-0.39, 0.29) is 15.8 Å². The molecule has 6 rings (SSSR count). The summed E-state index contributed by atoms with van der Waals surface area (Å²) in [5.41, 5.74) is 3.60. The van der Waals surface area contributed by atoms with Gasteiger partial charge in [0, 0.05) is 74.7 Å². The number of anilines is 1. The Morgan fingerprint density at radius 3 is 2.65 bits per heavy atom. The Hall–Kier alpha value is -3.71. The molecular formula is C28H29N7O3S2. The zero-order valence-corrected chi connectivity index (χ0v) is 23.8. The van der Waals surface area contributed by atoms with Crippen molar-refractivity contribution in [3.05, 3.63) is 76.9 Å². The van der Waals surface area contributed by atoms with Gasteiger partial charge in [-0.15, -0.1) is 0 Å². The molecule has 1 atom stereocenters. The molecule has 3 aromatic heterocycles. The summed E-state index contributed by atoms with van der Waals surface area (Å²) in [5.74, 6) is 0.767. The lowest BCUT2D eigenvalue weighted by molar-refractivity contribution is 0.184. The Morgan fingerprint density at radius 2 is 1.88 bits per heavy atom. The highest BCUT2D eigenvalue weighted by molar-refractivity contribution is 7.89. The first-order chi connectivity index (χ1) is 19.3.